The highest BCUT2D eigenvalue weighted by Crippen LogP contribution is 2.30. The van der Waals surface area contributed by atoms with E-state index in [2.05, 4.69) is 36.5 Å². The summed E-state index contributed by atoms with van der Waals surface area (Å²) in [4.78, 5) is 0. The highest BCUT2D eigenvalue weighted by molar-refractivity contribution is 5.37. The average molecular weight is 245 g/mol. The molecule has 1 aliphatic heterocycles. The number of nitrogens with one attached hydrogen (secondary N) is 1. The smallest absolute Gasteiger partial charge is 0.123 e. The molecular weight excluding hydrogens is 222 g/mol. The minimum Gasteiger partial charge on any atom is -0.488 e. The Balaban J connectivity index is 1.41. The fraction of sp³-hybridized carbons (Fsp3) is 0.625. The standard InChI is InChI=1S/C16H23NO/c1-12-6-7-13(8-12)10-17-11-15-9-14-4-2-3-5-16(14)18-15/h2-5,12-13,15,17H,6-11H2,1H3. The fourth-order valence-electron chi connectivity index (χ4n) is 3.33. The lowest BCUT2D eigenvalue weighted by molar-refractivity contribution is 0.224. The molecule has 0 spiro atoms. The predicted octanol–water partition coefficient (Wildman–Crippen LogP) is 3.02. The number of hydrogen-bond donors (Lipinski definition) is 1. The molecule has 3 unspecified atom stereocenters. The zero-order chi connectivity index (χ0) is 12.4. The van der Waals surface area contributed by atoms with Gasteiger partial charge in [-0.05, 0) is 42.9 Å². The van der Waals surface area contributed by atoms with E-state index >= 15 is 0 Å². The van der Waals surface area contributed by atoms with Crippen LogP contribution in [-0.2, 0) is 6.42 Å². The Labute approximate surface area is 110 Å². The van der Waals surface area contributed by atoms with Gasteiger partial charge in [-0.2, -0.15) is 0 Å². The lowest BCUT2D eigenvalue weighted by Crippen LogP contribution is -2.32. The van der Waals surface area contributed by atoms with Crippen molar-refractivity contribution < 1.29 is 4.74 Å². The minimum atomic E-state index is 0.334. The summed E-state index contributed by atoms with van der Waals surface area (Å²) < 4.78 is 5.93. The molecule has 1 aliphatic carbocycles. The van der Waals surface area contributed by atoms with E-state index in [-0.39, 0.29) is 0 Å². The molecule has 18 heavy (non-hydrogen) atoms. The zero-order valence-corrected chi connectivity index (χ0v) is 11.2. The molecule has 0 aromatic heterocycles. The van der Waals surface area contributed by atoms with E-state index in [9.17, 15) is 0 Å². The predicted molar refractivity (Wildman–Crippen MR) is 73.9 cm³/mol. The maximum Gasteiger partial charge on any atom is 0.123 e. The molecule has 0 bridgehead atoms. The van der Waals surface area contributed by atoms with Crippen LogP contribution >= 0.6 is 0 Å². The van der Waals surface area contributed by atoms with Gasteiger partial charge in [0.15, 0.2) is 0 Å². The third-order valence-corrected chi connectivity index (χ3v) is 4.32. The summed E-state index contributed by atoms with van der Waals surface area (Å²) in [6.07, 6.45) is 5.61. The van der Waals surface area contributed by atoms with Crippen molar-refractivity contribution in [1.29, 1.82) is 0 Å². The van der Waals surface area contributed by atoms with Crippen molar-refractivity contribution in [2.45, 2.75) is 38.7 Å². The van der Waals surface area contributed by atoms with E-state index in [4.69, 9.17) is 4.74 Å². The molecule has 3 atom stereocenters. The number of rotatable bonds is 4. The molecular formula is C16H23NO. The first-order valence-corrected chi connectivity index (χ1v) is 7.26. The summed E-state index contributed by atoms with van der Waals surface area (Å²) >= 11 is 0. The van der Waals surface area contributed by atoms with Gasteiger partial charge in [-0.1, -0.05) is 31.5 Å². The van der Waals surface area contributed by atoms with Crippen LogP contribution in [0, 0.1) is 11.8 Å². The van der Waals surface area contributed by atoms with Gasteiger partial charge in [0.05, 0.1) is 0 Å². The van der Waals surface area contributed by atoms with Gasteiger partial charge in [0.2, 0.25) is 0 Å². The highest BCUT2D eigenvalue weighted by Gasteiger charge is 2.24. The molecule has 0 amide bonds. The van der Waals surface area contributed by atoms with E-state index in [0.29, 0.717) is 6.10 Å². The van der Waals surface area contributed by atoms with Gasteiger partial charge in [0.25, 0.3) is 0 Å². The second-order valence-electron chi connectivity index (χ2n) is 5.99. The molecule has 2 heteroatoms. The van der Waals surface area contributed by atoms with Crippen LogP contribution in [0.2, 0.25) is 0 Å². The molecule has 1 N–H and O–H groups in total. The molecule has 1 heterocycles. The number of hydrogen-bond acceptors (Lipinski definition) is 2. The van der Waals surface area contributed by atoms with Gasteiger partial charge in [0.1, 0.15) is 11.9 Å². The maximum atomic E-state index is 5.93. The molecule has 3 rings (SSSR count). The summed E-state index contributed by atoms with van der Waals surface area (Å²) in [7, 11) is 0. The fourth-order valence-corrected chi connectivity index (χ4v) is 3.33. The number of fused-ring (bicyclic) bond motifs is 1. The van der Waals surface area contributed by atoms with Crippen LogP contribution in [0.1, 0.15) is 31.7 Å². The summed E-state index contributed by atoms with van der Waals surface area (Å²) in [6.45, 7) is 4.52. The Kier molecular flexibility index (Phi) is 3.55. The van der Waals surface area contributed by atoms with Gasteiger partial charge in [-0.25, -0.2) is 0 Å². The van der Waals surface area contributed by atoms with Crippen LogP contribution in [0.15, 0.2) is 24.3 Å². The van der Waals surface area contributed by atoms with Crippen molar-refractivity contribution in [1.82, 2.24) is 5.32 Å². The summed E-state index contributed by atoms with van der Waals surface area (Å²) in [6, 6.07) is 8.40. The topological polar surface area (TPSA) is 21.3 Å². The first kappa shape index (κ1) is 12.0. The molecule has 1 aromatic rings. The molecule has 2 nitrogen and oxygen atoms in total. The normalized spacial score (nSPS) is 30.2. The maximum absolute atomic E-state index is 5.93. The third kappa shape index (κ3) is 2.69. The Hall–Kier alpha value is -1.02. The summed E-state index contributed by atoms with van der Waals surface area (Å²) in [5.41, 5.74) is 1.36. The molecule has 2 aliphatic rings. The lowest BCUT2D eigenvalue weighted by atomic mass is 10.1. The van der Waals surface area contributed by atoms with Crippen molar-refractivity contribution in [3.8, 4) is 5.75 Å². The Morgan fingerprint density at radius 2 is 2.11 bits per heavy atom. The third-order valence-electron chi connectivity index (χ3n) is 4.32. The van der Waals surface area contributed by atoms with Gasteiger partial charge < -0.3 is 10.1 Å². The number of benzene rings is 1. The monoisotopic (exact) mass is 245 g/mol. The molecule has 1 aromatic carbocycles. The summed E-state index contributed by atoms with van der Waals surface area (Å²) in [5.74, 6) is 2.91. The van der Waals surface area contributed by atoms with Gasteiger partial charge in [-0.3, -0.25) is 0 Å². The minimum absolute atomic E-state index is 0.334. The highest BCUT2D eigenvalue weighted by atomic mass is 16.5. The van der Waals surface area contributed by atoms with Crippen LogP contribution in [0.5, 0.6) is 5.75 Å². The Bertz CT molecular complexity index is 379. The number of para-hydroxylation sites is 1. The van der Waals surface area contributed by atoms with Gasteiger partial charge in [-0.15, -0.1) is 0 Å². The first-order valence-electron chi connectivity index (χ1n) is 7.26. The van der Waals surface area contributed by atoms with E-state index in [1.54, 1.807) is 0 Å². The second kappa shape index (κ2) is 5.31. The number of ether oxygens (including phenoxy) is 1. The first-order chi connectivity index (χ1) is 8.81. The van der Waals surface area contributed by atoms with Crippen LogP contribution in [0.3, 0.4) is 0 Å². The van der Waals surface area contributed by atoms with Crippen molar-refractivity contribution in [3.05, 3.63) is 29.8 Å². The van der Waals surface area contributed by atoms with Crippen molar-refractivity contribution in [2.24, 2.45) is 11.8 Å². The zero-order valence-electron chi connectivity index (χ0n) is 11.2. The average Bonchev–Trinajstić information content (AvgIpc) is 2.95. The van der Waals surface area contributed by atoms with Crippen molar-refractivity contribution in [2.75, 3.05) is 13.1 Å². The van der Waals surface area contributed by atoms with Crippen LogP contribution < -0.4 is 10.1 Å². The van der Waals surface area contributed by atoms with Crippen LogP contribution in [0.4, 0.5) is 0 Å². The molecule has 0 radical (unpaired) electrons. The SMILES string of the molecule is CC1CCC(CNCC2Cc3ccccc3O2)C1. The van der Waals surface area contributed by atoms with Gasteiger partial charge >= 0.3 is 0 Å². The Morgan fingerprint density at radius 1 is 1.22 bits per heavy atom. The molecule has 1 fully saturated rings. The lowest BCUT2D eigenvalue weighted by Gasteiger charge is -2.15. The molecule has 1 saturated carbocycles. The van der Waals surface area contributed by atoms with Crippen LogP contribution in [0.25, 0.3) is 0 Å². The summed E-state index contributed by atoms with van der Waals surface area (Å²) in [5, 5.41) is 3.60. The largest absolute Gasteiger partial charge is 0.488 e. The van der Waals surface area contributed by atoms with E-state index in [1.807, 2.05) is 0 Å². The molecule has 98 valence electrons. The van der Waals surface area contributed by atoms with Crippen LogP contribution in [-0.4, -0.2) is 19.2 Å². The Morgan fingerprint density at radius 3 is 2.89 bits per heavy atom. The second-order valence-corrected chi connectivity index (χ2v) is 5.99. The van der Waals surface area contributed by atoms with E-state index in [0.717, 1.165) is 30.6 Å². The van der Waals surface area contributed by atoms with E-state index in [1.165, 1.54) is 31.4 Å². The van der Waals surface area contributed by atoms with Crippen molar-refractivity contribution in [3.63, 3.8) is 0 Å². The quantitative estimate of drug-likeness (QED) is 0.880. The molecule has 0 saturated heterocycles. The van der Waals surface area contributed by atoms with Crippen molar-refractivity contribution >= 4 is 0 Å². The van der Waals surface area contributed by atoms with Gasteiger partial charge in [0, 0.05) is 13.0 Å². The van der Waals surface area contributed by atoms with E-state index < -0.39 is 0 Å².